The first-order valence-electron chi connectivity index (χ1n) is 8.76. The van der Waals surface area contributed by atoms with E-state index in [9.17, 15) is 10.1 Å². The van der Waals surface area contributed by atoms with Gasteiger partial charge in [-0.1, -0.05) is 18.3 Å². The van der Waals surface area contributed by atoms with Crippen LogP contribution in [0.25, 0.3) is 0 Å². The van der Waals surface area contributed by atoms with E-state index in [1.807, 2.05) is 11.5 Å². The minimum atomic E-state index is -0.406. The van der Waals surface area contributed by atoms with Gasteiger partial charge in [0, 0.05) is 18.5 Å². The molecule has 136 valence electrons. The van der Waals surface area contributed by atoms with Crippen molar-refractivity contribution in [3.8, 4) is 6.07 Å². The molecule has 0 spiro atoms. The lowest BCUT2D eigenvalue weighted by molar-refractivity contribution is -0.940. The van der Waals surface area contributed by atoms with E-state index in [-0.39, 0.29) is 0 Å². The fraction of sp³-hybridized carbons (Fsp3) is 0.421. The number of quaternary nitrogens is 1. The molecule has 1 saturated heterocycles. The van der Waals surface area contributed by atoms with Crippen LogP contribution in [0.2, 0.25) is 0 Å². The average molecular weight is 389 g/mol. The van der Waals surface area contributed by atoms with Crippen LogP contribution in [-0.4, -0.2) is 23.7 Å². The van der Waals surface area contributed by atoms with Crippen molar-refractivity contribution in [2.75, 3.05) is 13.2 Å². The van der Waals surface area contributed by atoms with Crippen molar-refractivity contribution < 1.29 is 14.4 Å². The molecule has 2 atom stereocenters. The van der Waals surface area contributed by atoms with Crippen LogP contribution in [0.5, 0.6) is 0 Å². The summed E-state index contributed by atoms with van der Waals surface area (Å²) in [4.78, 5) is 15.1. The zero-order valence-corrected chi connectivity index (χ0v) is 16.6. The first-order valence-corrected chi connectivity index (χ1v) is 10.0. The minimum Gasteiger partial charge on any atom is -0.462 e. The Hall–Kier alpha value is -2.01. The number of rotatable bonds is 5. The molecule has 3 rings (SSSR count). The highest BCUT2D eigenvalue weighted by Gasteiger charge is 2.31. The summed E-state index contributed by atoms with van der Waals surface area (Å²) in [5.74, 6) is -0.406. The van der Waals surface area contributed by atoms with E-state index in [1.54, 1.807) is 24.3 Å². The molecule has 2 aromatic heterocycles. The van der Waals surface area contributed by atoms with Gasteiger partial charge in [0.1, 0.15) is 16.8 Å². The lowest BCUT2D eigenvalue weighted by Crippen LogP contribution is -3.09. The van der Waals surface area contributed by atoms with E-state index in [0.717, 1.165) is 25.1 Å². The van der Waals surface area contributed by atoms with E-state index in [1.165, 1.54) is 9.78 Å². The number of carbonyl (C=O) groups excluding carboxylic acids is 1. The summed E-state index contributed by atoms with van der Waals surface area (Å²) in [5.41, 5.74) is 1.53. The summed E-state index contributed by atoms with van der Waals surface area (Å²) >= 11 is 7.32. The van der Waals surface area contributed by atoms with Crippen LogP contribution in [0, 0.1) is 22.9 Å². The molecule has 1 unspecified atom stereocenters. The van der Waals surface area contributed by atoms with Crippen molar-refractivity contribution in [3.05, 3.63) is 49.9 Å². The van der Waals surface area contributed by atoms with Crippen LogP contribution in [0.4, 0.5) is 0 Å². The average Bonchev–Trinajstić information content (AvgIpc) is 3.30. The molecule has 1 aliphatic heterocycles. The molecule has 7 heteroatoms. The Morgan fingerprint density at radius 2 is 2.38 bits per heavy atom. The Morgan fingerprint density at radius 1 is 1.58 bits per heavy atom. The van der Waals surface area contributed by atoms with Crippen molar-refractivity contribution in [2.24, 2.45) is 0 Å². The molecule has 26 heavy (non-hydrogen) atoms. The van der Waals surface area contributed by atoms with Crippen molar-refractivity contribution in [2.45, 2.75) is 39.4 Å². The second-order valence-electron chi connectivity index (χ2n) is 6.40. The van der Waals surface area contributed by atoms with Gasteiger partial charge in [-0.25, -0.2) is 4.79 Å². The Bertz CT molecular complexity index is 897. The van der Waals surface area contributed by atoms with Gasteiger partial charge in [-0.3, -0.25) is 4.57 Å². The highest BCUT2D eigenvalue weighted by atomic mass is 32.1. The predicted molar refractivity (Wildman–Crippen MR) is 103 cm³/mol. The maximum Gasteiger partial charge on any atom is 0.339 e. The van der Waals surface area contributed by atoms with E-state index < -0.39 is 5.97 Å². The van der Waals surface area contributed by atoms with Crippen molar-refractivity contribution in [3.63, 3.8) is 0 Å². The molecule has 0 radical (unpaired) electrons. The molecule has 3 heterocycles. The third-order valence-electron chi connectivity index (χ3n) is 4.91. The van der Waals surface area contributed by atoms with E-state index >= 15 is 0 Å². The van der Waals surface area contributed by atoms with Gasteiger partial charge in [-0.05, 0) is 31.4 Å². The molecule has 0 saturated carbocycles. The summed E-state index contributed by atoms with van der Waals surface area (Å²) in [6.45, 7) is 5.64. The summed E-state index contributed by atoms with van der Waals surface area (Å²) in [6, 6.07) is 8.39. The van der Waals surface area contributed by atoms with Crippen molar-refractivity contribution in [1.82, 2.24) is 4.57 Å². The fourth-order valence-electron chi connectivity index (χ4n) is 3.58. The highest BCUT2D eigenvalue weighted by Crippen LogP contribution is 2.24. The number of nitrogens with one attached hydrogen (secondary N) is 1. The number of likely N-dealkylation sites (tertiary alicyclic amines) is 1. The first kappa shape index (κ1) is 18.8. The van der Waals surface area contributed by atoms with Gasteiger partial charge in [-0.2, -0.15) is 5.26 Å². The van der Waals surface area contributed by atoms with Crippen LogP contribution in [-0.2, 0) is 11.4 Å². The molecular weight excluding hydrogens is 366 g/mol. The number of thiophene rings is 1. The SMILES string of the molecule is CCOC(=O)c1cc(C#N)c(=S)n(C[NH+]2CCC[C@H]2c2cccs2)c1C. The topological polar surface area (TPSA) is 59.5 Å². The predicted octanol–water partition coefficient (Wildman–Crippen LogP) is 3.01. The molecule has 0 aliphatic carbocycles. The maximum atomic E-state index is 12.3. The van der Waals surface area contributed by atoms with Gasteiger partial charge >= 0.3 is 5.97 Å². The number of ether oxygens (including phenoxy) is 1. The molecule has 2 aromatic rings. The summed E-state index contributed by atoms with van der Waals surface area (Å²) in [7, 11) is 0. The number of pyridine rings is 1. The van der Waals surface area contributed by atoms with Gasteiger partial charge < -0.3 is 9.64 Å². The van der Waals surface area contributed by atoms with Crippen LogP contribution < -0.4 is 4.90 Å². The Kier molecular flexibility index (Phi) is 5.87. The van der Waals surface area contributed by atoms with Crippen LogP contribution >= 0.6 is 23.6 Å². The molecule has 0 bridgehead atoms. The van der Waals surface area contributed by atoms with Crippen molar-refractivity contribution >= 4 is 29.5 Å². The van der Waals surface area contributed by atoms with Crippen LogP contribution in [0.3, 0.4) is 0 Å². The summed E-state index contributed by atoms with van der Waals surface area (Å²) in [5, 5.41) is 11.6. The third-order valence-corrected chi connectivity index (χ3v) is 6.33. The Balaban J connectivity index is 1.99. The van der Waals surface area contributed by atoms with Crippen molar-refractivity contribution in [1.29, 1.82) is 5.26 Å². The lowest BCUT2D eigenvalue weighted by atomic mass is 10.1. The summed E-state index contributed by atoms with van der Waals surface area (Å²) in [6.07, 6.45) is 2.30. The number of hydrogen-bond acceptors (Lipinski definition) is 5. The van der Waals surface area contributed by atoms with Gasteiger partial charge in [0.25, 0.3) is 0 Å². The Morgan fingerprint density at radius 3 is 3.04 bits per heavy atom. The van der Waals surface area contributed by atoms with Gasteiger partial charge in [0.15, 0.2) is 6.67 Å². The molecule has 5 nitrogen and oxygen atoms in total. The molecular formula is C19H22N3O2S2+. The summed E-state index contributed by atoms with van der Waals surface area (Å²) < 4.78 is 7.57. The fourth-order valence-corrected chi connectivity index (χ4v) is 4.80. The minimum absolute atomic E-state index is 0.299. The van der Waals surface area contributed by atoms with Gasteiger partial charge in [0.05, 0.1) is 29.2 Å². The first-order chi connectivity index (χ1) is 12.6. The molecule has 0 amide bonds. The number of nitrogens with zero attached hydrogens (tertiary/aromatic N) is 2. The molecule has 1 aliphatic rings. The van der Waals surface area contributed by atoms with Crippen LogP contribution in [0.1, 0.15) is 52.3 Å². The monoisotopic (exact) mass is 388 g/mol. The van der Waals surface area contributed by atoms with Crippen LogP contribution in [0.15, 0.2) is 23.6 Å². The lowest BCUT2D eigenvalue weighted by Gasteiger charge is -2.24. The third kappa shape index (κ3) is 3.58. The Labute approximate surface area is 162 Å². The zero-order valence-electron chi connectivity index (χ0n) is 14.9. The normalized spacial score (nSPS) is 19.3. The molecule has 0 aromatic carbocycles. The number of hydrogen-bond donors (Lipinski definition) is 1. The molecule has 1 N–H and O–H groups in total. The van der Waals surface area contributed by atoms with E-state index in [0.29, 0.717) is 35.1 Å². The number of carbonyl (C=O) groups is 1. The van der Waals surface area contributed by atoms with E-state index in [2.05, 4.69) is 23.6 Å². The number of aromatic nitrogens is 1. The number of nitriles is 1. The van der Waals surface area contributed by atoms with Gasteiger partial charge in [-0.15, -0.1) is 11.3 Å². The number of esters is 1. The quantitative estimate of drug-likeness (QED) is 0.632. The smallest absolute Gasteiger partial charge is 0.339 e. The van der Waals surface area contributed by atoms with Gasteiger partial charge in [0.2, 0.25) is 0 Å². The standard InChI is InChI=1S/C19H21N3O2S2/c1-3-24-19(23)15-10-14(11-20)18(25)22(13(15)2)12-21-8-4-6-16(21)17-7-5-9-26-17/h5,7,9-10,16H,3-4,6,8,12H2,1-2H3/p+1/t16-/m0/s1. The second-order valence-corrected chi connectivity index (χ2v) is 7.77. The second kappa shape index (κ2) is 8.12. The zero-order chi connectivity index (χ0) is 18.7. The van der Waals surface area contributed by atoms with E-state index in [4.69, 9.17) is 17.0 Å². The maximum absolute atomic E-state index is 12.3. The highest BCUT2D eigenvalue weighted by molar-refractivity contribution is 7.71. The largest absolute Gasteiger partial charge is 0.462 e. The molecule has 1 fully saturated rings.